The van der Waals surface area contributed by atoms with Crippen LogP contribution in [0, 0.1) is 11.8 Å². The number of hydrogen-bond donors (Lipinski definition) is 1. The van der Waals surface area contributed by atoms with Gasteiger partial charge in [-0.25, -0.2) is 4.90 Å². The van der Waals surface area contributed by atoms with Crippen molar-refractivity contribution in [2.75, 3.05) is 16.8 Å². The van der Waals surface area contributed by atoms with E-state index in [4.69, 9.17) is 11.6 Å². The molecule has 2 aromatic rings. The van der Waals surface area contributed by atoms with Gasteiger partial charge in [-0.05, 0) is 61.7 Å². The maximum absolute atomic E-state index is 13.9. The predicted octanol–water partition coefficient (Wildman–Crippen LogP) is 3.33. The first-order valence-electron chi connectivity index (χ1n) is 10.8. The molecule has 7 heteroatoms. The summed E-state index contributed by atoms with van der Waals surface area (Å²) in [4.78, 5) is 44.5. The highest BCUT2D eigenvalue weighted by molar-refractivity contribution is 6.31. The van der Waals surface area contributed by atoms with Crippen LogP contribution in [0.25, 0.3) is 0 Å². The average Bonchev–Trinajstić information content (AvgIpc) is 3.47. The van der Waals surface area contributed by atoms with Gasteiger partial charge < -0.3 is 5.32 Å². The lowest BCUT2D eigenvalue weighted by Gasteiger charge is -2.36. The molecule has 4 heterocycles. The molecule has 158 valence electrons. The second-order valence-electron chi connectivity index (χ2n) is 8.85. The fourth-order valence-corrected chi connectivity index (χ4v) is 6.44. The van der Waals surface area contributed by atoms with Crippen molar-refractivity contribution in [2.45, 2.75) is 37.8 Å². The second-order valence-corrected chi connectivity index (χ2v) is 9.29. The van der Waals surface area contributed by atoms with Crippen LogP contribution in [0.15, 0.2) is 42.5 Å². The summed E-state index contributed by atoms with van der Waals surface area (Å²) < 4.78 is 0. The van der Waals surface area contributed by atoms with Gasteiger partial charge >= 0.3 is 0 Å². The number of aryl methyl sites for hydroxylation is 1. The van der Waals surface area contributed by atoms with E-state index in [-0.39, 0.29) is 23.8 Å². The largest absolute Gasteiger partial charge is 0.324 e. The molecule has 0 saturated carbocycles. The van der Waals surface area contributed by atoms with Crippen LogP contribution in [0.3, 0.4) is 0 Å². The van der Waals surface area contributed by atoms with Crippen molar-refractivity contribution in [2.24, 2.45) is 11.8 Å². The van der Waals surface area contributed by atoms with Crippen LogP contribution in [0.4, 0.5) is 11.4 Å². The number of carbonyl (C=O) groups excluding carboxylic acids is 3. The van der Waals surface area contributed by atoms with E-state index in [1.54, 1.807) is 24.3 Å². The Kier molecular flexibility index (Phi) is 3.93. The molecule has 1 spiro atoms. The molecule has 4 unspecified atom stereocenters. The third-order valence-electron chi connectivity index (χ3n) is 7.55. The third-order valence-corrected chi connectivity index (χ3v) is 7.80. The number of halogens is 1. The van der Waals surface area contributed by atoms with Crippen LogP contribution < -0.4 is 10.2 Å². The van der Waals surface area contributed by atoms with Crippen molar-refractivity contribution in [3.05, 3.63) is 58.6 Å². The molecule has 4 aliphatic heterocycles. The topological polar surface area (TPSA) is 69.7 Å². The minimum absolute atomic E-state index is 0.110. The van der Waals surface area contributed by atoms with E-state index < -0.39 is 17.4 Å². The van der Waals surface area contributed by atoms with Crippen LogP contribution in [0.5, 0.6) is 0 Å². The minimum atomic E-state index is -1.12. The van der Waals surface area contributed by atoms with E-state index >= 15 is 0 Å². The molecule has 3 saturated heterocycles. The van der Waals surface area contributed by atoms with Crippen molar-refractivity contribution in [3.8, 4) is 0 Å². The summed E-state index contributed by atoms with van der Waals surface area (Å²) in [5.41, 5.74) is 2.09. The van der Waals surface area contributed by atoms with E-state index in [2.05, 4.69) is 17.1 Å². The molecule has 0 aromatic heterocycles. The SMILES string of the molecule is CCc1ccc2c(c1)C1(C(=O)N2)C2C(=O)N(c3ccc(Cl)cc3)C(=O)C2C2CCCN21. The molecule has 6 nitrogen and oxygen atoms in total. The average molecular weight is 436 g/mol. The highest BCUT2D eigenvalue weighted by Crippen LogP contribution is 2.60. The van der Waals surface area contributed by atoms with E-state index in [0.29, 0.717) is 17.3 Å². The number of rotatable bonds is 2. The summed E-state index contributed by atoms with van der Waals surface area (Å²) in [5.74, 6) is -1.94. The molecule has 6 rings (SSSR count). The van der Waals surface area contributed by atoms with Crippen LogP contribution in [-0.2, 0) is 26.3 Å². The second kappa shape index (κ2) is 6.40. The monoisotopic (exact) mass is 435 g/mol. The number of anilines is 2. The number of imide groups is 1. The number of fused-ring (bicyclic) bond motifs is 7. The zero-order valence-electron chi connectivity index (χ0n) is 17.1. The number of amides is 3. The standard InChI is InChI=1S/C24H22ClN3O3/c1-2-13-5-10-17-16(12-13)24(23(31)26-17)20-19(18-4-3-11-27(18)24)21(29)28(22(20)30)15-8-6-14(25)7-9-15/h5-10,12,18-20H,2-4,11H2,1H3,(H,26,31). The van der Waals surface area contributed by atoms with Crippen LogP contribution in [0.2, 0.25) is 5.02 Å². The van der Waals surface area contributed by atoms with E-state index in [9.17, 15) is 14.4 Å². The smallest absolute Gasteiger partial charge is 0.250 e. The molecule has 3 amide bonds. The van der Waals surface area contributed by atoms with Crippen molar-refractivity contribution in [1.82, 2.24) is 4.90 Å². The maximum atomic E-state index is 13.9. The molecule has 31 heavy (non-hydrogen) atoms. The van der Waals surface area contributed by atoms with E-state index in [0.717, 1.165) is 36.1 Å². The first kappa shape index (κ1) is 19.0. The van der Waals surface area contributed by atoms with Gasteiger partial charge in [0.2, 0.25) is 17.7 Å². The summed E-state index contributed by atoms with van der Waals surface area (Å²) in [6, 6.07) is 12.6. The molecular weight excluding hydrogens is 414 g/mol. The Morgan fingerprint density at radius 3 is 2.61 bits per heavy atom. The van der Waals surface area contributed by atoms with Crippen molar-refractivity contribution in [1.29, 1.82) is 0 Å². The molecule has 2 aromatic carbocycles. The van der Waals surface area contributed by atoms with Crippen LogP contribution >= 0.6 is 11.6 Å². The Morgan fingerprint density at radius 2 is 1.87 bits per heavy atom. The van der Waals surface area contributed by atoms with E-state index in [1.807, 2.05) is 18.2 Å². The zero-order chi connectivity index (χ0) is 21.5. The molecule has 4 atom stereocenters. The van der Waals surface area contributed by atoms with Gasteiger partial charge in [0.05, 0.1) is 17.5 Å². The molecule has 0 radical (unpaired) electrons. The predicted molar refractivity (Wildman–Crippen MR) is 117 cm³/mol. The number of benzene rings is 2. The van der Waals surface area contributed by atoms with Gasteiger partial charge in [0, 0.05) is 22.3 Å². The first-order chi connectivity index (χ1) is 15.0. The number of carbonyl (C=O) groups is 3. The number of nitrogens with zero attached hydrogens (tertiary/aromatic N) is 2. The molecular formula is C24H22ClN3O3. The van der Waals surface area contributed by atoms with E-state index in [1.165, 1.54) is 4.90 Å². The number of nitrogens with one attached hydrogen (secondary N) is 1. The lowest BCUT2D eigenvalue weighted by Crippen LogP contribution is -2.54. The molecule has 3 fully saturated rings. The Labute approximate surface area is 185 Å². The van der Waals surface area contributed by atoms with Crippen LogP contribution in [0.1, 0.15) is 30.9 Å². The highest BCUT2D eigenvalue weighted by Gasteiger charge is 2.74. The van der Waals surface area contributed by atoms with Crippen molar-refractivity contribution < 1.29 is 14.4 Å². The van der Waals surface area contributed by atoms with Crippen molar-refractivity contribution >= 4 is 40.7 Å². The first-order valence-corrected chi connectivity index (χ1v) is 11.2. The third kappa shape index (κ3) is 2.24. The lowest BCUT2D eigenvalue weighted by atomic mass is 9.75. The van der Waals surface area contributed by atoms with Gasteiger partial charge in [0.25, 0.3) is 0 Å². The van der Waals surface area contributed by atoms with Gasteiger partial charge in [-0.1, -0.05) is 30.7 Å². The Hall–Kier alpha value is -2.70. The molecule has 0 bridgehead atoms. The normalized spacial score (nSPS) is 31.4. The highest BCUT2D eigenvalue weighted by atomic mass is 35.5. The van der Waals surface area contributed by atoms with Crippen LogP contribution in [-0.4, -0.2) is 35.2 Å². The van der Waals surface area contributed by atoms with Gasteiger partial charge in [-0.2, -0.15) is 0 Å². The van der Waals surface area contributed by atoms with Gasteiger partial charge in [-0.3, -0.25) is 19.3 Å². The minimum Gasteiger partial charge on any atom is -0.324 e. The Morgan fingerprint density at radius 1 is 1.10 bits per heavy atom. The zero-order valence-corrected chi connectivity index (χ0v) is 17.9. The van der Waals surface area contributed by atoms with Gasteiger partial charge in [0.1, 0.15) is 5.54 Å². The summed E-state index contributed by atoms with van der Waals surface area (Å²) >= 11 is 6.01. The summed E-state index contributed by atoms with van der Waals surface area (Å²) in [5, 5.41) is 3.56. The fourth-order valence-electron chi connectivity index (χ4n) is 6.31. The quantitative estimate of drug-likeness (QED) is 0.734. The van der Waals surface area contributed by atoms with Gasteiger partial charge in [-0.15, -0.1) is 0 Å². The number of hydrogen-bond acceptors (Lipinski definition) is 4. The summed E-state index contributed by atoms with van der Waals surface area (Å²) in [7, 11) is 0. The van der Waals surface area contributed by atoms with Crippen molar-refractivity contribution in [3.63, 3.8) is 0 Å². The summed E-state index contributed by atoms with van der Waals surface area (Å²) in [6.07, 6.45) is 2.56. The molecule has 4 aliphatic rings. The Balaban J connectivity index is 1.55. The molecule has 1 N–H and O–H groups in total. The molecule has 0 aliphatic carbocycles. The summed E-state index contributed by atoms with van der Waals surface area (Å²) in [6.45, 7) is 2.78. The fraction of sp³-hybridized carbons (Fsp3) is 0.375. The van der Waals surface area contributed by atoms with Gasteiger partial charge in [0.15, 0.2) is 0 Å². The maximum Gasteiger partial charge on any atom is 0.250 e. The Bertz CT molecular complexity index is 1150. The lowest BCUT2D eigenvalue weighted by molar-refractivity contribution is -0.135.